The van der Waals surface area contributed by atoms with Crippen LogP contribution in [0.4, 0.5) is 5.69 Å². The predicted octanol–water partition coefficient (Wildman–Crippen LogP) is 3.54. The second-order valence-corrected chi connectivity index (χ2v) is 10.6. The van der Waals surface area contributed by atoms with Crippen LogP contribution in [0.3, 0.4) is 0 Å². The molecule has 2 aromatic rings. The van der Waals surface area contributed by atoms with Crippen molar-refractivity contribution in [2.24, 2.45) is 0 Å². The van der Waals surface area contributed by atoms with Crippen LogP contribution in [0.25, 0.3) is 0 Å². The highest BCUT2D eigenvalue weighted by atomic mass is 32.2. The van der Waals surface area contributed by atoms with E-state index in [1.165, 1.54) is 49.3 Å². The highest BCUT2D eigenvalue weighted by Crippen LogP contribution is 2.21. The van der Waals surface area contributed by atoms with Crippen LogP contribution >= 0.6 is 0 Å². The molecule has 180 valence electrons. The van der Waals surface area contributed by atoms with Crippen molar-refractivity contribution in [1.82, 2.24) is 10.2 Å². The van der Waals surface area contributed by atoms with E-state index in [-0.39, 0.29) is 5.91 Å². The van der Waals surface area contributed by atoms with E-state index in [2.05, 4.69) is 34.5 Å². The number of nitrogens with one attached hydrogen (secondary N) is 1. The number of anilines is 1. The van der Waals surface area contributed by atoms with Crippen molar-refractivity contribution in [1.29, 1.82) is 0 Å². The molecule has 1 atom stereocenters. The average molecular weight is 474 g/mol. The summed E-state index contributed by atoms with van der Waals surface area (Å²) >= 11 is 0. The molecule has 0 spiro atoms. The van der Waals surface area contributed by atoms with Gasteiger partial charge in [0.15, 0.2) is 6.10 Å². The molecule has 7 nitrogen and oxygen atoms in total. The Bertz CT molecular complexity index is 1000. The summed E-state index contributed by atoms with van der Waals surface area (Å²) in [7, 11) is -1.83. The number of ether oxygens (including phenoxy) is 1. The van der Waals surface area contributed by atoms with Gasteiger partial charge in [0.25, 0.3) is 5.91 Å². The number of amides is 1. The van der Waals surface area contributed by atoms with Crippen molar-refractivity contribution in [3.63, 3.8) is 0 Å². The molecular weight excluding hydrogens is 438 g/mol. The topological polar surface area (TPSA) is 78.9 Å². The lowest BCUT2D eigenvalue weighted by atomic mass is 10.1. The number of likely N-dealkylation sites (tertiary alicyclic amines) is 1. The molecule has 1 amide bonds. The second kappa shape index (κ2) is 11.5. The number of carbonyl (C=O) groups is 1. The van der Waals surface area contributed by atoms with E-state index in [0.29, 0.717) is 24.4 Å². The van der Waals surface area contributed by atoms with E-state index < -0.39 is 16.1 Å². The Hall–Kier alpha value is -2.58. The maximum Gasteiger partial charge on any atom is 0.261 e. The Morgan fingerprint density at radius 3 is 2.21 bits per heavy atom. The summed E-state index contributed by atoms with van der Waals surface area (Å²) in [5.74, 6) is 0.344. The molecule has 0 aliphatic carbocycles. The molecule has 1 aliphatic heterocycles. The minimum absolute atomic E-state index is 0.174. The first-order chi connectivity index (χ1) is 15.8. The summed E-state index contributed by atoms with van der Waals surface area (Å²) in [6.45, 7) is 5.67. The van der Waals surface area contributed by atoms with Crippen LogP contribution in [0.2, 0.25) is 0 Å². The third-order valence-corrected chi connectivity index (χ3v) is 7.19. The number of carbonyl (C=O) groups excluding carboxylic acids is 1. The minimum Gasteiger partial charge on any atom is -0.481 e. The van der Waals surface area contributed by atoms with Gasteiger partial charge in [-0.15, -0.1) is 0 Å². The molecule has 0 saturated carbocycles. The molecule has 0 radical (unpaired) electrons. The first-order valence-electron chi connectivity index (χ1n) is 11.5. The van der Waals surface area contributed by atoms with Gasteiger partial charge in [0.2, 0.25) is 10.0 Å². The van der Waals surface area contributed by atoms with Crippen molar-refractivity contribution in [3.05, 3.63) is 59.7 Å². The second-order valence-electron chi connectivity index (χ2n) is 8.61. The SMILES string of the molecule is CC[C@@H](Oc1ccc(N(C)S(C)(=O)=O)cc1)C(=O)NCc1ccc(CN2CCCCC2)cc1. The molecule has 33 heavy (non-hydrogen) atoms. The molecule has 1 fully saturated rings. The Labute approximate surface area is 197 Å². The highest BCUT2D eigenvalue weighted by Gasteiger charge is 2.19. The molecular formula is C25H35N3O4S. The maximum absolute atomic E-state index is 12.7. The predicted molar refractivity (Wildman–Crippen MR) is 132 cm³/mol. The van der Waals surface area contributed by atoms with Crippen molar-refractivity contribution in [3.8, 4) is 5.75 Å². The smallest absolute Gasteiger partial charge is 0.261 e. The molecule has 0 bridgehead atoms. The van der Waals surface area contributed by atoms with Crippen LogP contribution in [0.15, 0.2) is 48.5 Å². The van der Waals surface area contributed by atoms with Gasteiger partial charge in [-0.3, -0.25) is 14.0 Å². The minimum atomic E-state index is -3.33. The van der Waals surface area contributed by atoms with Gasteiger partial charge in [0.05, 0.1) is 11.9 Å². The number of sulfonamides is 1. The Morgan fingerprint density at radius 2 is 1.64 bits per heavy atom. The van der Waals surface area contributed by atoms with E-state index in [1.54, 1.807) is 24.3 Å². The molecule has 0 aromatic heterocycles. The van der Waals surface area contributed by atoms with E-state index in [0.717, 1.165) is 18.4 Å². The van der Waals surface area contributed by atoms with Gasteiger partial charge in [-0.05, 0) is 67.7 Å². The van der Waals surface area contributed by atoms with E-state index in [1.807, 2.05) is 6.92 Å². The van der Waals surface area contributed by atoms with E-state index >= 15 is 0 Å². The van der Waals surface area contributed by atoms with E-state index in [9.17, 15) is 13.2 Å². The summed E-state index contributed by atoms with van der Waals surface area (Å²) in [5.41, 5.74) is 2.88. The number of hydrogen-bond donors (Lipinski definition) is 1. The van der Waals surface area contributed by atoms with Crippen molar-refractivity contribution >= 4 is 21.6 Å². The average Bonchev–Trinajstić information content (AvgIpc) is 2.82. The third-order valence-electron chi connectivity index (χ3n) is 5.98. The summed E-state index contributed by atoms with van der Waals surface area (Å²) in [5, 5.41) is 2.96. The fourth-order valence-corrected chi connectivity index (χ4v) is 4.36. The normalized spacial score (nSPS) is 15.6. The van der Waals surface area contributed by atoms with E-state index in [4.69, 9.17) is 4.74 Å². The molecule has 3 rings (SSSR count). The standard InChI is InChI=1S/C25H35N3O4S/c1-4-24(32-23-14-12-22(13-15-23)27(2)33(3,30)31)25(29)26-18-20-8-10-21(11-9-20)19-28-16-6-5-7-17-28/h8-15,24H,4-7,16-19H2,1-3H3,(H,26,29)/t24-/m1/s1. The van der Waals surface area contributed by atoms with Gasteiger partial charge in [-0.2, -0.15) is 0 Å². The van der Waals surface area contributed by atoms with Crippen LogP contribution in [0, 0.1) is 0 Å². The van der Waals surface area contributed by atoms with Gasteiger partial charge < -0.3 is 10.1 Å². The zero-order chi connectivity index (χ0) is 23.8. The highest BCUT2D eigenvalue weighted by molar-refractivity contribution is 7.92. The lowest BCUT2D eigenvalue weighted by molar-refractivity contribution is -0.128. The van der Waals surface area contributed by atoms with Gasteiger partial charge >= 0.3 is 0 Å². The van der Waals surface area contributed by atoms with Crippen LogP contribution < -0.4 is 14.4 Å². The third kappa shape index (κ3) is 7.47. The summed E-state index contributed by atoms with van der Waals surface area (Å²) in [6.07, 6.45) is 4.95. The maximum atomic E-state index is 12.7. The van der Waals surface area contributed by atoms with Crippen molar-refractivity contribution in [2.75, 3.05) is 30.7 Å². The molecule has 1 N–H and O–H groups in total. The summed E-state index contributed by atoms with van der Waals surface area (Å²) in [6, 6.07) is 15.1. The molecule has 8 heteroatoms. The molecule has 1 saturated heterocycles. The first-order valence-corrected chi connectivity index (χ1v) is 13.4. The summed E-state index contributed by atoms with van der Waals surface area (Å²) < 4.78 is 30.4. The van der Waals surface area contributed by atoms with Crippen molar-refractivity contribution < 1.29 is 17.9 Å². The summed E-state index contributed by atoms with van der Waals surface area (Å²) in [4.78, 5) is 15.2. The van der Waals surface area contributed by atoms with Crippen LogP contribution in [0.1, 0.15) is 43.7 Å². The molecule has 0 unspecified atom stereocenters. The van der Waals surface area contributed by atoms with Gasteiger partial charge in [-0.1, -0.05) is 37.6 Å². The fourth-order valence-electron chi connectivity index (χ4n) is 3.85. The Morgan fingerprint density at radius 1 is 1.03 bits per heavy atom. The van der Waals surface area contributed by atoms with Gasteiger partial charge in [0.1, 0.15) is 5.75 Å². The van der Waals surface area contributed by atoms with Crippen LogP contribution in [-0.2, 0) is 27.9 Å². The van der Waals surface area contributed by atoms with Gasteiger partial charge in [0, 0.05) is 20.1 Å². The van der Waals surface area contributed by atoms with Crippen LogP contribution in [-0.4, -0.2) is 51.7 Å². The Balaban J connectivity index is 1.50. The molecule has 1 heterocycles. The quantitative estimate of drug-likeness (QED) is 0.571. The molecule has 2 aromatic carbocycles. The monoisotopic (exact) mass is 473 g/mol. The zero-order valence-electron chi connectivity index (χ0n) is 19.8. The number of benzene rings is 2. The number of hydrogen-bond acceptors (Lipinski definition) is 5. The number of rotatable bonds is 10. The first kappa shape index (κ1) is 25.1. The van der Waals surface area contributed by atoms with Gasteiger partial charge in [-0.25, -0.2) is 8.42 Å². The molecule has 1 aliphatic rings. The lowest BCUT2D eigenvalue weighted by Gasteiger charge is -2.26. The number of nitrogens with zero attached hydrogens (tertiary/aromatic N) is 2. The zero-order valence-corrected chi connectivity index (χ0v) is 20.6. The Kier molecular flexibility index (Phi) is 8.74. The fraction of sp³-hybridized carbons (Fsp3) is 0.480. The largest absolute Gasteiger partial charge is 0.481 e. The number of piperidine rings is 1. The lowest BCUT2D eigenvalue weighted by Crippen LogP contribution is -2.37. The van der Waals surface area contributed by atoms with Crippen molar-refractivity contribution in [2.45, 2.75) is 51.8 Å². The van der Waals surface area contributed by atoms with Crippen LogP contribution in [0.5, 0.6) is 5.75 Å².